The Hall–Kier alpha value is -2.05. The number of benzene rings is 2. The number of hydrogen-bond donors (Lipinski definition) is 1. The number of aryl methyl sites for hydroxylation is 3. The summed E-state index contributed by atoms with van der Waals surface area (Å²) in [6.45, 7) is 6.71. The SMILES string of the molecule is Cc1cc(C)c(S(=O)(=O)NC2(c3ccc4c(c3)OCCO4)CC2)c(C)c1. The molecule has 0 amide bonds. The first kappa shape index (κ1) is 17.4. The summed E-state index contributed by atoms with van der Waals surface area (Å²) in [6, 6.07) is 9.51. The number of fused-ring (bicyclic) bond motifs is 1. The number of hydrogen-bond acceptors (Lipinski definition) is 4. The molecule has 6 heteroatoms. The molecule has 1 fully saturated rings. The molecule has 5 nitrogen and oxygen atoms in total. The predicted molar refractivity (Wildman–Crippen MR) is 99.3 cm³/mol. The highest BCUT2D eigenvalue weighted by Gasteiger charge is 2.48. The molecule has 0 bridgehead atoms. The van der Waals surface area contributed by atoms with Crippen LogP contribution in [0.15, 0.2) is 35.2 Å². The van der Waals surface area contributed by atoms with Gasteiger partial charge < -0.3 is 9.47 Å². The van der Waals surface area contributed by atoms with Gasteiger partial charge >= 0.3 is 0 Å². The zero-order chi connectivity index (χ0) is 18.5. The average Bonchev–Trinajstić information content (AvgIpc) is 3.33. The summed E-state index contributed by atoms with van der Waals surface area (Å²) in [5.74, 6) is 1.39. The van der Waals surface area contributed by atoms with Crippen LogP contribution in [0.3, 0.4) is 0 Å². The summed E-state index contributed by atoms with van der Waals surface area (Å²) in [7, 11) is -3.63. The van der Waals surface area contributed by atoms with E-state index < -0.39 is 15.6 Å². The third kappa shape index (κ3) is 2.97. The molecule has 0 radical (unpaired) electrons. The van der Waals surface area contributed by atoms with E-state index in [0.717, 1.165) is 35.1 Å². The minimum absolute atomic E-state index is 0.381. The molecule has 0 saturated heterocycles. The Balaban J connectivity index is 1.68. The second-order valence-electron chi connectivity index (χ2n) is 7.27. The van der Waals surface area contributed by atoms with Crippen molar-refractivity contribution in [1.82, 2.24) is 4.72 Å². The van der Waals surface area contributed by atoms with Crippen LogP contribution < -0.4 is 14.2 Å². The molecule has 0 atom stereocenters. The van der Waals surface area contributed by atoms with Gasteiger partial charge in [-0.25, -0.2) is 13.1 Å². The van der Waals surface area contributed by atoms with Crippen LogP contribution in [0, 0.1) is 20.8 Å². The molecular formula is C20H23NO4S. The van der Waals surface area contributed by atoms with E-state index in [0.29, 0.717) is 29.6 Å². The van der Waals surface area contributed by atoms with Crippen molar-refractivity contribution in [2.45, 2.75) is 44.0 Å². The Bertz CT molecular complexity index is 954. The van der Waals surface area contributed by atoms with E-state index in [2.05, 4.69) is 4.72 Å². The van der Waals surface area contributed by atoms with E-state index in [-0.39, 0.29) is 0 Å². The molecule has 2 aromatic rings. The third-order valence-corrected chi connectivity index (χ3v) is 6.89. The van der Waals surface area contributed by atoms with Crippen molar-refractivity contribution in [3.05, 3.63) is 52.6 Å². The molecule has 138 valence electrons. The summed E-state index contributed by atoms with van der Waals surface area (Å²) >= 11 is 0. The minimum Gasteiger partial charge on any atom is -0.486 e. The molecule has 0 unspecified atom stereocenters. The van der Waals surface area contributed by atoms with Crippen molar-refractivity contribution >= 4 is 10.0 Å². The Morgan fingerprint density at radius 1 is 0.923 bits per heavy atom. The molecule has 1 aliphatic heterocycles. The molecule has 0 spiro atoms. The second-order valence-corrected chi connectivity index (χ2v) is 8.89. The van der Waals surface area contributed by atoms with Gasteiger partial charge in [0.05, 0.1) is 10.4 Å². The zero-order valence-electron chi connectivity index (χ0n) is 15.3. The van der Waals surface area contributed by atoms with E-state index in [1.54, 1.807) is 0 Å². The van der Waals surface area contributed by atoms with Crippen molar-refractivity contribution in [3.63, 3.8) is 0 Å². The van der Waals surface area contributed by atoms with Crippen LogP contribution in [0.1, 0.15) is 35.1 Å². The van der Waals surface area contributed by atoms with Gasteiger partial charge in [0, 0.05) is 0 Å². The van der Waals surface area contributed by atoms with Crippen LogP contribution in [0.2, 0.25) is 0 Å². The predicted octanol–water partition coefficient (Wildman–Crippen LogP) is 3.35. The largest absolute Gasteiger partial charge is 0.486 e. The van der Waals surface area contributed by atoms with E-state index in [9.17, 15) is 8.42 Å². The number of ether oxygens (including phenoxy) is 2. The maximum Gasteiger partial charge on any atom is 0.241 e. The summed E-state index contributed by atoms with van der Waals surface area (Å²) < 4.78 is 40.4. The highest BCUT2D eigenvalue weighted by atomic mass is 32.2. The third-order valence-electron chi connectivity index (χ3n) is 5.05. The first-order valence-corrected chi connectivity index (χ1v) is 10.3. The Morgan fingerprint density at radius 2 is 1.54 bits per heavy atom. The minimum atomic E-state index is -3.63. The number of nitrogens with one attached hydrogen (secondary N) is 1. The molecule has 2 aliphatic rings. The Morgan fingerprint density at radius 3 is 2.15 bits per heavy atom. The van der Waals surface area contributed by atoms with Gasteiger partial charge in [-0.1, -0.05) is 23.8 Å². The maximum atomic E-state index is 13.1. The molecular weight excluding hydrogens is 350 g/mol. The summed E-state index contributed by atoms with van der Waals surface area (Å²) in [6.07, 6.45) is 1.55. The Kier molecular flexibility index (Phi) is 4.00. The van der Waals surface area contributed by atoms with Gasteiger partial charge in [-0.3, -0.25) is 0 Å². The molecule has 26 heavy (non-hydrogen) atoms. The molecule has 1 N–H and O–H groups in total. The van der Waals surface area contributed by atoms with E-state index in [1.165, 1.54) is 0 Å². The molecule has 0 aromatic heterocycles. The van der Waals surface area contributed by atoms with E-state index in [1.807, 2.05) is 51.1 Å². The van der Waals surface area contributed by atoms with Crippen LogP contribution in [-0.4, -0.2) is 21.6 Å². The molecule has 1 aliphatic carbocycles. The van der Waals surface area contributed by atoms with Gasteiger partial charge in [-0.2, -0.15) is 0 Å². The van der Waals surface area contributed by atoms with Crippen LogP contribution in [0.25, 0.3) is 0 Å². The van der Waals surface area contributed by atoms with Gasteiger partial charge in [0.25, 0.3) is 0 Å². The summed E-state index contributed by atoms with van der Waals surface area (Å²) in [5, 5.41) is 0. The first-order chi connectivity index (χ1) is 12.3. The van der Waals surface area contributed by atoms with Crippen LogP contribution in [0.5, 0.6) is 11.5 Å². The molecule has 1 saturated carbocycles. The number of rotatable bonds is 4. The fourth-order valence-electron chi connectivity index (χ4n) is 3.81. The normalized spacial score (nSPS) is 17.8. The van der Waals surface area contributed by atoms with Crippen LogP contribution >= 0.6 is 0 Å². The molecule has 4 rings (SSSR count). The topological polar surface area (TPSA) is 64.6 Å². The van der Waals surface area contributed by atoms with Gasteiger partial charge in [0.2, 0.25) is 10.0 Å². The number of sulfonamides is 1. The Labute approximate surface area is 154 Å². The lowest BCUT2D eigenvalue weighted by atomic mass is 10.1. The van der Waals surface area contributed by atoms with Gasteiger partial charge in [-0.05, 0) is 62.4 Å². The first-order valence-electron chi connectivity index (χ1n) is 8.83. The van der Waals surface area contributed by atoms with E-state index in [4.69, 9.17) is 9.47 Å². The summed E-state index contributed by atoms with van der Waals surface area (Å²) in [4.78, 5) is 0.381. The van der Waals surface area contributed by atoms with Crippen molar-refractivity contribution in [2.75, 3.05) is 13.2 Å². The fraction of sp³-hybridized carbons (Fsp3) is 0.400. The zero-order valence-corrected chi connectivity index (χ0v) is 16.1. The lowest BCUT2D eigenvalue weighted by Gasteiger charge is -2.23. The van der Waals surface area contributed by atoms with Crippen LogP contribution in [0.4, 0.5) is 0 Å². The second kappa shape index (κ2) is 5.99. The van der Waals surface area contributed by atoms with Gasteiger partial charge in [0.1, 0.15) is 13.2 Å². The van der Waals surface area contributed by atoms with Crippen molar-refractivity contribution < 1.29 is 17.9 Å². The van der Waals surface area contributed by atoms with Crippen LogP contribution in [-0.2, 0) is 15.6 Å². The van der Waals surface area contributed by atoms with Crippen molar-refractivity contribution in [2.24, 2.45) is 0 Å². The smallest absolute Gasteiger partial charge is 0.241 e. The highest BCUT2D eigenvalue weighted by Crippen LogP contribution is 2.49. The standard InChI is InChI=1S/C20H23NO4S/c1-13-10-14(2)19(15(3)11-13)26(22,23)21-20(6-7-20)16-4-5-17-18(12-16)25-9-8-24-17/h4-5,10-12,21H,6-9H2,1-3H3. The quantitative estimate of drug-likeness (QED) is 0.893. The molecule has 2 aromatic carbocycles. The fourth-order valence-corrected chi connectivity index (χ4v) is 5.72. The van der Waals surface area contributed by atoms with Crippen molar-refractivity contribution in [3.8, 4) is 11.5 Å². The monoisotopic (exact) mass is 373 g/mol. The lowest BCUT2D eigenvalue weighted by Crippen LogP contribution is -2.35. The highest BCUT2D eigenvalue weighted by molar-refractivity contribution is 7.89. The molecule has 1 heterocycles. The van der Waals surface area contributed by atoms with E-state index >= 15 is 0 Å². The maximum absolute atomic E-state index is 13.1. The van der Waals surface area contributed by atoms with Crippen molar-refractivity contribution in [1.29, 1.82) is 0 Å². The van der Waals surface area contributed by atoms with Gasteiger partial charge in [0.15, 0.2) is 11.5 Å². The average molecular weight is 373 g/mol. The van der Waals surface area contributed by atoms with Gasteiger partial charge in [-0.15, -0.1) is 0 Å². The summed E-state index contributed by atoms with van der Waals surface area (Å²) in [5.41, 5.74) is 2.97. The lowest BCUT2D eigenvalue weighted by molar-refractivity contribution is 0.171.